The molecule has 0 saturated carbocycles. The molecule has 2 saturated heterocycles. The van der Waals surface area contributed by atoms with Crippen molar-refractivity contribution in [3.8, 4) is 0 Å². The molecular weight excluding hydrogens is 393 g/mol. The molecule has 0 bridgehead atoms. The number of hydrogen-bond donors (Lipinski definition) is 1. The Morgan fingerprint density at radius 3 is 2.42 bits per heavy atom. The summed E-state index contributed by atoms with van der Waals surface area (Å²) in [5.74, 6) is 1.03. The fourth-order valence-electron chi connectivity index (χ4n) is 3.76. The van der Waals surface area contributed by atoms with Crippen LogP contribution in [0.5, 0.6) is 0 Å². The largest absolute Gasteiger partial charge is 0.340 e. The Morgan fingerprint density at radius 1 is 1.19 bits per heavy atom. The molecule has 2 unspecified atom stereocenters. The summed E-state index contributed by atoms with van der Waals surface area (Å²) in [5, 5.41) is 4.15. The molecule has 2 heterocycles. The summed E-state index contributed by atoms with van der Waals surface area (Å²) in [5.41, 5.74) is 1.29. The third kappa shape index (κ3) is 6.28. The van der Waals surface area contributed by atoms with Gasteiger partial charge in [0, 0.05) is 43.7 Å². The van der Waals surface area contributed by atoms with Gasteiger partial charge in [0.2, 0.25) is 5.91 Å². The first-order chi connectivity index (χ1) is 11.6. The van der Waals surface area contributed by atoms with E-state index in [0.717, 1.165) is 50.7 Å². The van der Waals surface area contributed by atoms with Gasteiger partial charge in [-0.2, -0.15) is 0 Å². The molecule has 2 aliphatic rings. The average molecular weight is 423 g/mol. The van der Waals surface area contributed by atoms with E-state index >= 15 is 0 Å². The van der Waals surface area contributed by atoms with Gasteiger partial charge in [-0.25, -0.2) is 0 Å². The van der Waals surface area contributed by atoms with Gasteiger partial charge in [0.1, 0.15) is 0 Å². The number of halogens is 3. The maximum Gasteiger partial charge on any atom is 0.222 e. The monoisotopic (exact) mass is 421 g/mol. The molecule has 3 rings (SSSR count). The van der Waals surface area contributed by atoms with Gasteiger partial charge in [0.15, 0.2) is 0 Å². The third-order valence-electron chi connectivity index (χ3n) is 5.50. The summed E-state index contributed by atoms with van der Waals surface area (Å²) in [6.45, 7) is 8.01. The Kier molecular flexibility index (Phi) is 10.3. The maximum absolute atomic E-state index is 12.4. The number of nitrogens with zero attached hydrogens (tertiary/aromatic N) is 2. The lowest BCUT2D eigenvalue weighted by molar-refractivity contribution is -0.133. The van der Waals surface area contributed by atoms with Crippen molar-refractivity contribution in [2.24, 2.45) is 5.92 Å². The summed E-state index contributed by atoms with van der Waals surface area (Å²) in [6.07, 6.45) is 2.96. The van der Waals surface area contributed by atoms with Crippen LogP contribution in [0.3, 0.4) is 0 Å². The second kappa shape index (κ2) is 11.4. The van der Waals surface area contributed by atoms with E-state index in [0.29, 0.717) is 24.3 Å². The van der Waals surface area contributed by atoms with Crippen LogP contribution >= 0.6 is 36.4 Å². The van der Waals surface area contributed by atoms with E-state index in [4.69, 9.17) is 11.6 Å². The number of rotatable bonds is 5. The molecule has 1 aromatic rings. The Bertz CT molecular complexity index is 541. The molecule has 2 fully saturated rings. The molecule has 0 aromatic heterocycles. The molecule has 4 nitrogen and oxygen atoms in total. The molecule has 0 radical (unpaired) electrons. The van der Waals surface area contributed by atoms with E-state index in [1.807, 2.05) is 17.0 Å². The second-order valence-corrected chi connectivity index (χ2v) is 7.48. The minimum atomic E-state index is 0. The summed E-state index contributed by atoms with van der Waals surface area (Å²) in [4.78, 5) is 16.9. The first-order valence-corrected chi connectivity index (χ1v) is 9.49. The van der Waals surface area contributed by atoms with E-state index in [1.54, 1.807) is 0 Å². The number of carbonyl (C=O) groups excluding carboxylic acids is 1. The van der Waals surface area contributed by atoms with Gasteiger partial charge in [-0.05, 0) is 56.5 Å². The van der Waals surface area contributed by atoms with Crippen LogP contribution in [0.15, 0.2) is 24.3 Å². The van der Waals surface area contributed by atoms with Crippen molar-refractivity contribution >= 4 is 42.3 Å². The number of hydrogen-bond acceptors (Lipinski definition) is 3. The van der Waals surface area contributed by atoms with Crippen molar-refractivity contribution in [2.75, 3.05) is 39.3 Å². The van der Waals surface area contributed by atoms with Crippen LogP contribution in [-0.2, 0) is 4.79 Å². The Labute approximate surface area is 174 Å². The van der Waals surface area contributed by atoms with E-state index in [9.17, 15) is 4.79 Å². The van der Waals surface area contributed by atoms with Crippen molar-refractivity contribution in [3.63, 3.8) is 0 Å². The van der Waals surface area contributed by atoms with Crippen LogP contribution in [0.1, 0.15) is 37.8 Å². The molecule has 2 aliphatic heterocycles. The fraction of sp³-hybridized carbons (Fsp3) is 0.632. The van der Waals surface area contributed by atoms with Crippen LogP contribution in [0.4, 0.5) is 0 Å². The highest BCUT2D eigenvalue weighted by molar-refractivity contribution is 6.30. The SMILES string of the molecule is CC(c1ccc(Cl)cc1)N1CCN(C(=O)CCC2CCNC2)CC1.Cl.Cl. The summed E-state index contributed by atoms with van der Waals surface area (Å²) < 4.78 is 0. The number of nitrogens with one attached hydrogen (secondary N) is 1. The molecule has 1 amide bonds. The van der Waals surface area contributed by atoms with Gasteiger partial charge in [-0.15, -0.1) is 24.8 Å². The van der Waals surface area contributed by atoms with Gasteiger partial charge < -0.3 is 10.2 Å². The molecule has 2 atom stereocenters. The van der Waals surface area contributed by atoms with Gasteiger partial charge >= 0.3 is 0 Å². The van der Waals surface area contributed by atoms with Gasteiger partial charge in [-0.1, -0.05) is 23.7 Å². The molecule has 0 spiro atoms. The molecule has 1 aromatic carbocycles. The minimum Gasteiger partial charge on any atom is -0.340 e. The summed E-state index contributed by atoms with van der Waals surface area (Å²) >= 11 is 5.97. The van der Waals surface area contributed by atoms with Gasteiger partial charge in [0.05, 0.1) is 0 Å². The maximum atomic E-state index is 12.4. The number of carbonyl (C=O) groups is 1. The van der Waals surface area contributed by atoms with Crippen molar-refractivity contribution < 1.29 is 4.79 Å². The Hall–Kier alpha value is -0.520. The minimum absolute atomic E-state index is 0. The van der Waals surface area contributed by atoms with E-state index in [-0.39, 0.29) is 24.8 Å². The third-order valence-corrected chi connectivity index (χ3v) is 5.75. The van der Waals surface area contributed by atoms with Crippen LogP contribution in [0.2, 0.25) is 5.02 Å². The first kappa shape index (κ1) is 23.5. The van der Waals surface area contributed by atoms with Gasteiger partial charge in [-0.3, -0.25) is 9.69 Å². The van der Waals surface area contributed by atoms with Gasteiger partial charge in [0.25, 0.3) is 0 Å². The molecule has 1 N–H and O–H groups in total. The van der Waals surface area contributed by atoms with Crippen LogP contribution in [-0.4, -0.2) is 55.0 Å². The molecule has 7 heteroatoms. The van der Waals surface area contributed by atoms with Crippen molar-refractivity contribution in [3.05, 3.63) is 34.9 Å². The Balaban J connectivity index is 0.00000169. The standard InChI is InChI=1S/C19H28ClN3O.2ClH/c1-15(17-3-5-18(20)6-4-17)22-10-12-23(13-11-22)19(24)7-2-16-8-9-21-14-16;;/h3-6,15-16,21H,2,7-14H2,1H3;2*1H. The van der Waals surface area contributed by atoms with Crippen LogP contribution in [0, 0.1) is 5.92 Å². The number of benzene rings is 1. The van der Waals surface area contributed by atoms with Crippen molar-refractivity contribution in [1.29, 1.82) is 0 Å². The highest BCUT2D eigenvalue weighted by atomic mass is 35.5. The number of amides is 1. The molecular formula is C19H30Cl3N3O. The summed E-state index contributed by atoms with van der Waals surface area (Å²) in [6, 6.07) is 8.46. The highest BCUT2D eigenvalue weighted by Gasteiger charge is 2.25. The molecule has 26 heavy (non-hydrogen) atoms. The average Bonchev–Trinajstić information content (AvgIpc) is 3.13. The zero-order valence-corrected chi connectivity index (χ0v) is 17.7. The van der Waals surface area contributed by atoms with E-state index in [1.165, 1.54) is 12.0 Å². The zero-order chi connectivity index (χ0) is 16.9. The molecule has 148 valence electrons. The highest BCUT2D eigenvalue weighted by Crippen LogP contribution is 2.23. The van der Waals surface area contributed by atoms with E-state index in [2.05, 4.69) is 29.3 Å². The topological polar surface area (TPSA) is 35.6 Å². The molecule has 0 aliphatic carbocycles. The van der Waals surface area contributed by atoms with E-state index < -0.39 is 0 Å². The predicted molar refractivity (Wildman–Crippen MR) is 113 cm³/mol. The lowest BCUT2D eigenvalue weighted by atomic mass is 10.0. The van der Waals surface area contributed by atoms with Crippen LogP contribution < -0.4 is 5.32 Å². The summed E-state index contributed by atoms with van der Waals surface area (Å²) in [7, 11) is 0. The lowest BCUT2D eigenvalue weighted by Crippen LogP contribution is -2.49. The first-order valence-electron chi connectivity index (χ1n) is 9.11. The van der Waals surface area contributed by atoms with Crippen molar-refractivity contribution in [2.45, 2.75) is 32.2 Å². The normalized spacial score (nSPS) is 21.6. The fourth-order valence-corrected chi connectivity index (χ4v) is 3.88. The van der Waals surface area contributed by atoms with Crippen LogP contribution in [0.25, 0.3) is 0 Å². The smallest absolute Gasteiger partial charge is 0.222 e. The number of piperazine rings is 1. The quantitative estimate of drug-likeness (QED) is 0.784. The predicted octanol–water partition coefficient (Wildman–Crippen LogP) is 3.78. The zero-order valence-electron chi connectivity index (χ0n) is 15.3. The van der Waals surface area contributed by atoms with Crippen molar-refractivity contribution in [1.82, 2.24) is 15.1 Å². The second-order valence-electron chi connectivity index (χ2n) is 7.04. The Morgan fingerprint density at radius 2 is 1.85 bits per heavy atom. The lowest BCUT2D eigenvalue weighted by Gasteiger charge is -2.38.